The standard InChI is InChI=1S/C14H18N2O3S/c17-14(10-5-6-10)16-8-7-15-12-9-20(18,19)13-4-2-1-3-11(12)13/h1-4,10,12,15H,5-9H2,(H,16,17). The van der Waals surface area contributed by atoms with Gasteiger partial charge in [-0.25, -0.2) is 8.42 Å². The Labute approximate surface area is 118 Å². The van der Waals surface area contributed by atoms with Gasteiger partial charge in [-0.15, -0.1) is 0 Å². The van der Waals surface area contributed by atoms with E-state index in [9.17, 15) is 13.2 Å². The van der Waals surface area contributed by atoms with Crippen molar-refractivity contribution in [2.75, 3.05) is 18.8 Å². The molecule has 1 amide bonds. The van der Waals surface area contributed by atoms with Crippen LogP contribution in [0.15, 0.2) is 29.2 Å². The van der Waals surface area contributed by atoms with E-state index in [0.29, 0.717) is 18.0 Å². The average molecular weight is 294 g/mol. The third kappa shape index (κ3) is 2.71. The summed E-state index contributed by atoms with van der Waals surface area (Å²) in [5.74, 6) is 0.428. The summed E-state index contributed by atoms with van der Waals surface area (Å²) < 4.78 is 24.0. The van der Waals surface area contributed by atoms with E-state index in [2.05, 4.69) is 10.6 Å². The molecule has 0 spiro atoms. The molecule has 5 nitrogen and oxygen atoms in total. The Balaban J connectivity index is 1.55. The third-order valence-corrected chi connectivity index (χ3v) is 5.59. The van der Waals surface area contributed by atoms with Crippen LogP contribution in [0.5, 0.6) is 0 Å². The first-order valence-electron chi connectivity index (χ1n) is 6.91. The Kier molecular flexibility index (Phi) is 3.52. The normalized spacial score (nSPS) is 23.3. The van der Waals surface area contributed by atoms with E-state index in [1.165, 1.54) is 0 Å². The molecule has 0 radical (unpaired) electrons. The molecule has 1 saturated carbocycles. The van der Waals surface area contributed by atoms with Gasteiger partial charge in [0, 0.05) is 25.0 Å². The second-order valence-corrected chi connectivity index (χ2v) is 7.39. The van der Waals surface area contributed by atoms with Gasteiger partial charge in [-0.3, -0.25) is 4.79 Å². The van der Waals surface area contributed by atoms with E-state index in [4.69, 9.17) is 0 Å². The molecule has 1 aromatic carbocycles. The number of carbonyl (C=O) groups excluding carboxylic acids is 1. The lowest BCUT2D eigenvalue weighted by atomic mass is 10.1. The van der Waals surface area contributed by atoms with Crippen LogP contribution < -0.4 is 10.6 Å². The van der Waals surface area contributed by atoms with Crippen molar-refractivity contribution < 1.29 is 13.2 Å². The zero-order chi connectivity index (χ0) is 14.2. The second kappa shape index (κ2) is 5.18. The lowest BCUT2D eigenvalue weighted by Gasteiger charge is -2.12. The number of benzene rings is 1. The van der Waals surface area contributed by atoms with Crippen LogP contribution in [-0.2, 0) is 14.6 Å². The van der Waals surface area contributed by atoms with Crippen LogP contribution in [0.3, 0.4) is 0 Å². The van der Waals surface area contributed by atoms with E-state index in [1.807, 2.05) is 12.1 Å². The number of carbonyl (C=O) groups is 1. The molecule has 0 saturated heterocycles. The van der Waals surface area contributed by atoms with Crippen LogP contribution in [-0.4, -0.2) is 33.2 Å². The van der Waals surface area contributed by atoms with Crippen LogP contribution in [0.25, 0.3) is 0 Å². The molecular weight excluding hydrogens is 276 g/mol. The fraction of sp³-hybridized carbons (Fsp3) is 0.500. The number of hydrogen-bond donors (Lipinski definition) is 2. The molecule has 6 heteroatoms. The van der Waals surface area contributed by atoms with Crippen LogP contribution in [0, 0.1) is 5.92 Å². The summed E-state index contributed by atoms with van der Waals surface area (Å²) in [5.41, 5.74) is 0.834. The highest BCUT2D eigenvalue weighted by atomic mass is 32.2. The average Bonchev–Trinajstić information content (AvgIpc) is 3.23. The number of sulfone groups is 1. The fourth-order valence-electron chi connectivity index (χ4n) is 2.54. The van der Waals surface area contributed by atoms with Gasteiger partial charge < -0.3 is 10.6 Å². The molecule has 1 aromatic rings. The summed E-state index contributed by atoms with van der Waals surface area (Å²) in [4.78, 5) is 11.9. The minimum absolute atomic E-state index is 0.100. The summed E-state index contributed by atoms with van der Waals surface area (Å²) in [6.45, 7) is 1.11. The van der Waals surface area contributed by atoms with E-state index in [1.54, 1.807) is 12.1 Å². The molecule has 1 heterocycles. The van der Waals surface area contributed by atoms with E-state index in [-0.39, 0.29) is 23.6 Å². The molecule has 1 atom stereocenters. The van der Waals surface area contributed by atoms with Crippen molar-refractivity contribution >= 4 is 15.7 Å². The summed E-state index contributed by atoms with van der Waals surface area (Å²) in [6, 6.07) is 6.92. The largest absolute Gasteiger partial charge is 0.355 e. The Morgan fingerprint density at radius 3 is 2.70 bits per heavy atom. The van der Waals surface area contributed by atoms with E-state index in [0.717, 1.165) is 18.4 Å². The zero-order valence-corrected chi connectivity index (χ0v) is 11.9. The van der Waals surface area contributed by atoms with Crippen molar-refractivity contribution in [3.8, 4) is 0 Å². The SMILES string of the molecule is O=C(NCCNC1CS(=O)(=O)c2ccccc21)C1CC1. The molecule has 108 valence electrons. The quantitative estimate of drug-likeness (QED) is 0.781. The van der Waals surface area contributed by atoms with Gasteiger partial charge in [0.05, 0.1) is 10.6 Å². The first-order chi connectivity index (χ1) is 9.58. The van der Waals surface area contributed by atoms with Crippen LogP contribution in [0.2, 0.25) is 0 Å². The minimum Gasteiger partial charge on any atom is -0.355 e. The van der Waals surface area contributed by atoms with Gasteiger partial charge in [-0.2, -0.15) is 0 Å². The zero-order valence-electron chi connectivity index (χ0n) is 11.1. The number of nitrogens with one attached hydrogen (secondary N) is 2. The van der Waals surface area contributed by atoms with Gasteiger partial charge >= 0.3 is 0 Å². The van der Waals surface area contributed by atoms with Crippen molar-refractivity contribution in [1.29, 1.82) is 0 Å². The van der Waals surface area contributed by atoms with Gasteiger partial charge in [-0.1, -0.05) is 18.2 Å². The molecule has 1 aliphatic heterocycles. The third-order valence-electron chi connectivity index (χ3n) is 3.78. The Morgan fingerprint density at radius 2 is 1.95 bits per heavy atom. The van der Waals surface area contributed by atoms with Gasteiger partial charge in [0.25, 0.3) is 0 Å². The van der Waals surface area contributed by atoms with Gasteiger partial charge in [-0.05, 0) is 24.5 Å². The Hall–Kier alpha value is -1.40. The van der Waals surface area contributed by atoms with Crippen molar-refractivity contribution in [3.63, 3.8) is 0 Å². The van der Waals surface area contributed by atoms with Crippen molar-refractivity contribution in [2.45, 2.75) is 23.8 Å². The summed E-state index contributed by atoms with van der Waals surface area (Å²) >= 11 is 0. The number of hydrogen-bond acceptors (Lipinski definition) is 4. The van der Waals surface area contributed by atoms with Crippen LogP contribution in [0.4, 0.5) is 0 Å². The highest BCUT2D eigenvalue weighted by molar-refractivity contribution is 7.91. The lowest BCUT2D eigenvalue weighted by Crippen LogP contribution is -2.34. The molecule has 1 aliphatic carbocycles. The topological polar surface area (TPSA) is 75.3 Å². The maximum absolute atomic E-state index is 12.0. The van der Waals surface area contributed by atoms with E-state index < -0.39 is 9.84 Å². The van der Waals surface area contributed by atoms with Gasteiger partial charge in [0.2, 0.25) is 5.91 Å². The fourth-order valence-corrected chi connectivity index (χ4v) is 4.31. The van der Waals surface area contributed by atoms with Crippen molar-refractivity contribution in [1.82, 2.24) is 10.6 Å². The molecule has 1 fully saturated rings. The van der Waals surface area contributed by atoms with Crippen molar-refractivity contribution in [3.05, 3.63) is 29.8 Å². The summed E-state index contributed by atoms with van der Waals surface area (Å²) in [7, 11) is -3.16. The molecule has 2 aliphatic rings. The summed E-state index contributed by atoms with van der Waals surface area (Å²) in [5, 5.41) is 6.08. The monoisotopic (exact) mass is 294 g/mol. The lowest BCUT2D eigenvalue weighted by molar-refractivity contribution is -0.122. The maximum Gasteiger partial charge on any atom is 0.223 e. The molecule has 0 bridgehead atoms. The van der Waals surface area contributed by atoms with Gasteiger partial charge in [0.15, 0.2) is 9.84 Å². The molecular formula is C14H18N2O3S. The van der Waals surface area contributed by atoms with Crippen LogP contribution >= 0.6 is 0 Å². The molecule has 2 N–H and O–H groups in total. The van der Waals surface area contributed by atoms with E-state index >= 15 is 0 Å². The van der Waals surface area contributed by atoms with Gasteiger partial charge in [0.1, 0.15) is 0 Å². The molecule has 1 unspecified atom stereocenters. The first-order valence-corrected chi connectivity index (χ1v) is 8.56. The smallest absolute Gasteiger partial charge is 0.223 e. The Morgan fingerprint density at radius 1 is 1.20 bits per heavy atom. The van der Waals surface area contributed by atoms with Crippen LogP contribution in [0.1, 0.15) is 24.4 Å². The molecule has 20 heavy (non-hydrogen) atoms. The molecule has 3 rings (SSSR count). The second-order valence-electron chi connectivity index (χ2n) is 5.39. The number of rotatable bonds is 5. The highest BCUT2D eigenvalue weighted by Crippen LogP contribution is 2.32. The molecule has 0 aromatic heterocycles. The number of fused-ring (bicyclic) bond motifs is 1. The Bertz CT molecular complexity index is 623. The highest BCUT2D eigenvalue weighted by Gasteiger charge is 2.34. The number of amides is 1. The first kappa shape index (κ1) is 13.6. The summed E-state index contributed by atoms with van der Waals surface area (Å²) in [6.07, 6.45) is 1.99. The minimum atomic E-state index is -3.16. The predicted molar refractivity (Wildman–Crippen MR) is 75.0 cm³/mol. The predicted octanol–water partition coefficient (Wildman–Crippen LogP) is 0.631. The maximum atomic E-state index is 12.0. The van der Waals surface area contributed by atoms with Crippen molar-refractivity contribution in [2.24, 2.45) is 5.92 Å².